The van der Waals surface area contributed by atoms with Crippen LogP contribution < -0.4 is 5.32 Å². The van der Waals surface area contributed by atoms with Crippen molar-refractivity contribution in [2.75, 3.05) is 13.2 Å². The van der Waals surface area contributed by atoms with Gasteiger partial charge >= 0.3 is 6.09 Å². The number of benzene rings is 3. The summed E-state index contributed by atoms with van der Waals surface area (Å²) in [6.45, 7) is 0.586. The number of nitrogens with zero attached hydrogens (tertiary/aromatic N) is 1. The number of rotatable bonds is 4. The highest BCUT2D eigenvalue weighted by Crippen LogP contribution is 2.44. The Morgan fingerprint density at radius 3 is 2.48 bits per heavy atom. The van der Waals surface area contributed by atoms with E-state index in [4.69, 9.17) is 4.74 Å². The van der Waals surface area contributed by atoms with Crippen molar-refractivity contribution in [2.24, 2.45) is 0 Å². The number of carbonyl (C=O) groups excluding carboxylic acids is 1. The summed E-state index contributed by atoms with van der Waals surface area (Å²) in [6, 6.07) is 23.2. The van der Waals surface area contributed by atoms with Crippen molar-refractivity contribution in [3.8, 4) is 23.0 Å². The van der Waals surface area contributed by atoms with E-state index in [9.17, 15) is 9.18 Å². The lowest BCUT2D eigenvalue weighted by atomic mass is 9.98. The zero-order chi connectivity index (χ0) is 22.6. The van der Waals surface area contributed by atoms with Crippen LogP contribution in [-0.2, 0) is 4.74 Å². The van der Waals surface area contributed by atoms with E-state index in [1.807, 2.05) is 30.3 Å². The van der Waals surface area contributed by atoms with Crippen LogP contribution in [0.4, 0.5) is 9.18 Å². The molecule has 1 amide bonds. The topological polar surface area (TPSA) is 51.2 Å². The molecule has 1 aliphatic carbocycles. The van der Waals surface area contributed by atoms with Gasteiger partial charge in [0.05, 0.1) is 11.1 Å². The molecule has 0 saturated heterocycles. The van der Waals surface area contributed by atoms with Crippen LogP contribution in [0.3, 0.4) is 0 Å². The Balaban J connectivity index is 1.15. The minimum absolute atomic E-state index is 0.0216. The molecule has 0 fully saturated rings. The van der Waals surface area contributed by atoms with Gasteiger partial charge in [0.2, 0.25) is 0 Å². The van der Waals surface area contributed by atoms with Crippen molar-refractivity contribution in [3.05, 3.63) is 102 Å². The normalized spacial score (nSPS) is 11.9. The van der Waals surface area contributed by atoms with Gasteiger partial charge in [-0.2, -0.15) is 0 Å². The molecule has 0 saturated carbocycles. The molecule has 0 bridgehead atoms. The monoisotopic (exact) mass is 436 g/mol. The number of carbonyl (C=O) groups is 1. The zero-order valence-electron chi connectivity index (χ0n) is 17.8. The number of hydrogen-bond donors (Lipinski definition) is 1. The highest BCUT2D eigenvalue weighted by atomic mass is 19.1. The number of ether oxygens (including phenoxy) is 1. The van der Waals surface area contributed by atoms with Crippen LogP contribution in [0, 0.1) is 17.7 Å². The van der Waals surface area contributed by atoms with E-state index in [0.29, 0.717) is 24.0 Å². The van der Waals surface area contributed by atoms with Crippen molar-refractivity contribution >= 4 is 17.0 Å². The number of hydrogen-bond acceptors (Lipinski definition) is 3. The fourth-order valence-corrected chi connectivity index (χ4v) is 4.22. The van der Waals surface area contributed by atoms with Gasteiger partial charge in [-0.15, -0.1) is 0 Å². The van der Waals surface area contributed by atoms with E-state index in [2.05, 4.69) is 46.4 Å². The lowest BCUT2D eigenvalue weighted by Crippen LogP contribution is -2.26. The molecule has 0 aliphatic heterocycles. The molecule has 0 spiro atoms. The molecule has 1 aliphatic rings. The van der Waals surface area contributed by atoms with E-state index in [1.165, 1.54) is 28.3 Å². The Morgan fingerprint density at radius 1 is 1.00 bits per heavy atom. The van der Waals surface area contributed by atoms with Gasteiger partial charge in [-0.3, -0.25) is 4.98 Å². The average Bonchev–Trinajstić information content (AvgIpc) is 3.16. The number of pyridine rings is 1. The van der Waals surface area contributed by atoms with Gasteiger partial charge < -0.3 is 10.1 Å². The van der Waals surface area contributed by atoms with Gasteiger partial charge in [0.1, 0.15) is 12.4 Å². The van der Waals surface area contributed by atoms with Gasteiger partial charge in [0, 0.05) is 36.5 Å². The lowest BCUT2D eigenvalue weighted by molar-refractivity contribution is 0.143. The smallest absolute Gasteiger partial charge is 0.407 e. The summed E-state index contributed by atoms with van der Waals surface area (Å²) >= 11 is 0. The molecule has 0 unspecified atom stereocenters. The quantitative estimate of drug-likeness (QED) is 0.332. The largest absolute Gasteiger partial charge is 0.449 e. The summed E-state index contributed by atoms with van der Waals surface area (Å²) in [7, 11) is 0. The molecule has 0 atom stereocenters. The average molecular weight is 436 g/mol. The lowest BCUT2D eigenvalue weighted by Gasteiger charge is -2.14. The first-order valence-corrected chi connectivity index (χ1v) is 10.8. The van der Waals surface area contributed by atoms with Crippen LogP contribution in [0.15, 0.2) is 79.0 Å². The number of alkyl carbamates (subject to hydrolysis) is 1. The van der Waals surface area contributed by atoms with Crippen molar-refractivity contribution in [3.63, 3.8) is 0 Å². The molecule has 4 aromatic rings. The fourth-order valence-electron chi connectivity index (χ4n) is 4.22. The molecule has 5 heteroatoms. The van der Waals surface area contributed by atoms with Crippen LogP contribution in [0.5, 0.6) is 0 Å². The van der Waals surface area contributed by atoms with Crippen LogP contribution in [0.2, 0.25) is 0 Å². The minimum Gasteiger partial charge on any atom is -0.449 e. The first-order chi connectivity index (χ1) is 16.2. The third kappa shape index (κ3) is 4.28. The summed E-state index contributed by atoms with van der Waals surface area (Å²) in [5, 5.41) is 3.55. The molecule has 5 rings (SSSR count). The Kier molecular flexibility index (Phi) is 5.73. The van der Waals surface area contributed by atoms with Crippen molar-refractivity contribution in [1.82, 2.24) is 10.3 Å². The molecule has 3 aromatic carbocycles. The summed E-state index contributed by atoms with van der Waals surface area (Å²) in [5.41, 5.74) is 5.63. The van der Waals surface area contributed by atoms with Gasteiger partial charge in [-0.25, -0.2) is 9.18 Å². The van der Waals surface area contributed by atoms with E-state index in [0.717, 1.165) is 5.39 Å². The van der Waals surface area contributed by atoms with Crippen LogP contribution in [0.1, 0.15) is 29.0 Å². The third-order valence-electron chi connectivity index (χ3n) is 5.78. The molecule has 1 aromatic heterocycles. The maximum Gasteiger partial charge on any atom is 0.407 e. The predicted octanol–water partition coefficient (Wildman–Crippen LogP) is 5.65. The Hall–Kier alpha value is -4.17. The molecule has 1 N–H and O–H groups in total. The maximum absolute atomic E-state index is 14.2. The molecule has 4 nitrogen and oxygen atoms in total. The van der Waals surface area contributed by atoms with Gasteiger partial charge in [0.15, 0.2) is 0 Å². The Bertz CT molecular complexity index is 1360. The van der Waals surface area contributed by atoms with Gasteiger partial charge in [0.25, 0.3) is 0 Å². The maximum atomic E-state index is 14.2. The highest BCUT2D eigenvalue weighted by Gasteiger charge is 2.28. The van der Waals surface area contributed by atoms with E-state index >= 15 is 0 Å². The van der Waals surface area contributed by atoms with E-state index in [-0.39, 0.29) is 12.5 Å². The number of nitrogens with one attached hydrogen (secondary N) is 1. The second-order valence-corrected chi connectivity index (χ2v) is 7.83. The predicted molar refractivity (Wildman–Crippen MR) is 126 cm³/mol. The molecular formula is C28H21FN2O2. The van der Waals surface area contributed by atoms with Crippen LogP contribution in [0.25, 0.3) is 22.0 Å². The molecular weight excluding hydrogens is 415 g/mol. The third-order valence-corrected chi connectivity index (χ3v) is 5.78. The summed E-state index contributed by atoms with van der Waals surface area (Å²) in [6.07, 6.45) is 1.53. The number of halogens is 1. The van der Waals surface area contributed by atoms with E-state index in [1.54, 1.807) is 18.3 Å². The van der Waals surface area contributed by atoms with Crippen LogP contribution >= 0.6 is 0 Å². The number of amides is 1. The SMILES string of the molecule is O=C(NCCC#Cc1cc2cccnc2cc1F)OCC1c2ccccc2-c2ccccc21. The van der Waals surface area contributed by atoms with Crippen molar-refractivity contribution < 1.29 is 13.9 Å². The highest BCUT2D eigenvalue weighted by molar-refractivity contribution is 5.80. The van der Waals surface area contributed by atoms with Crippen molar-refractivity contribution in [1.29, 1.82) is 0 Å². The summed E-state index contributed by atoms with van der Waals surface area (Å²) < 4.78 is 19.7. The van der Waals surface area contributed by atoms with Crippen molar-refractivity contribution in [2.45, 2.75) is 12.3 Å². The molecule has 0 radical (unpaired) electrons. The molecule has 1 heterocycles. The minimum atomic E-state index is -0.485. The van der Waals surface area contributed by atoms with E-state index < -0.39 is 11.9 Å². The Morgan fingerprint density at radius 2 is 1.73 bits per heavy atom. The second kappa shape index (κ2) is 9.13. The first kappa shape index (κ1) is 20.7. The number of fused-ring (bicyclic) bond motifs is 4. The number of aromatic nitrogens is 1. The second-order valence-electron chi connectivity index (χ2n) is 7.83. The zero-order valence-corrected chi connectivity index (χ0v) is 17.8. The van der Waals surface area contributed by atoms with Gasteiger partial charge in [-0.1, -0.05) is 66.4 Å². The molecule has 33 heavy (non-hydrogen) atoms. The Labute approximate surface area is 191 Å². The fraction of sp³-hybridized carbons (Fsp3) is 0.143. The van der Waals surface area contributed by atoms with Crippen LogP contribution in [-0.4, -0.2) is 24.2 Å². The first-order valence-electron chi connectivity index (χ1n) is 10.8. The summed E-state index contributed by atoms with van der Waals surface area (Å²) in [4.78, 5) is 16.3. The van der Waals surface area contributed by atoms with Gasteiger partial charge in [-0.05, 0) is 34.4 Å². The summed E-state index contributed by atoms with van der Waals surface area (Å²) in [5.74, 6) is 5.35. The standard InChI is InChI=1S/C28H21FN2O2/c29-26-17-27-20(9-7-15-30-27)16-19(26)8-5-6-14-31-28(32)33-18-25-23-12-3-1-10-21(23)22-11-2-4-13-24(22)25/h1-4,7,9-13,15-17,25H,6,14,18H2,(H,31,32). The molecule has 162 valence electrons.